The van der Waals surface area contributed by atoms with E-state index in [4.69, 9.17) is 5.11 Å². The molecule has 0 aliphatic rings. The van der Waals surface area contributed by atoms with E-state index in [9.17, 15) is 18.0 Å². The fourth-order valence-electron chi connectivity index (χ4n) is 2.56. The molecule has 2 N–H and O–H groups in total. The molecule has 0 heterocycles. The summed E-state index contributed by atoms with van der Waals surface area (Å²) in [6, 6.07) is 5.52. The van der Waals surface area contributed by atoms with Gasteiger partial charge in [0, 0.05) is 19.5 Å². The highest BCUT2D eigenvalue weighted by atomic mass is 32.2. The van der Waals surface area contributed by atoms with Crippen molar-refractivity contribution in [2.45, 2.75) is 51.5 Å². The number of carboxylic acid groups (broad SMARTS) is 1. The van der Waals surface area contributed by atoms with Gasteiger partial charge in [-0.2, -0.15) is 4.31 Å². The molecule has 26 heavy (non-hydrogen) atoms. The van der Waals surface area contributed by atoms with Crippen LogP contribution in [0.1, 0.15) is 39.7 Å². The molecule has 0 aromatic heterocycles. The number of hydrogen-bond acceptors (Lipinski definition) is 4. The van der Waals surface area contributed by atoms with Crippen molar-refractivity contribution in [2.75, 3.05) is 13.1 Å². The molecule has 0 radical (unpaired) electrons. The van der Waals surface area contributed by atoms with Crippen LogP contribution in [0.3, 0.4) is 0 Å². The quantitative estimate of drug-likeness (QED) is 0.641. The molecular formula is C18H28N2O5S. The normalized spacial score (nSPS) is 13.0. The highest BCUT2D eigenvalue weighted by Crippen LogP contribution is 2.17. The molecule has 1 atom stereocenters. The number of nitrogens with zero attached hydrogens (tertiary/aromatic N) is 1. The molecule has 0 unspecified atom stereocenters. The lowest BCUT2D eigenvalue weighted by atomic mass is 10.0. The number of rotatable bonds is 10. The molecule has 8 heteroatoms. The van der Waals surface area contributed by atoms with Crippen molar-refractivity contribution in [1.82, 2.24) is 9.62 Å². The maximum atomic E-state index is 12.4. The molecule has 1 amide bonds. The number of carbonyl (C=O) groups excluding carboxylic acids is 1. The summed E-state index contributed by atoms with van der Waals surface area (Å²) in [6.45, 7) is 7.84. The molecule has 0 saturated carbocycles. The van der Waals surface area contributed by atoms with Crippen molar-refractivity contribution in [3.63, 3.8) is 0 Å². The number of nitrogens with one attached hydrogen (secondary N) is 1. The molecular weight excluding hydrogens is 356 g/mol. The Kier molecular flexibility index (Phi) is 8.23. The second-order valence-electron chi connectivity index (χ2n) is 6.36. The van der Waals surface area contributed by atoms with E-state index in [1.807, 2.05) is 0 Å². The second-order valence-corrected chi connectivity index (χ2v) is 8.30. The first-order valence-electron chi connectivity index (χ1n) is 8.74. The smallest absolute Gasteiger partial charge is 0.326 e. The zero-order valence-electron chi connectivity index (χ0n) is 15.7. The van der Waals surface area contributed by atoms with Crippen LogP contribution in [0, 0.1) is 5.92 Å². The summed E-state index contributed by atoms with van der Waals surface area (Å²) in [5.41, 5.74) is 0.815. The van der Waals surface area contributed by atoms with Gasteiger partial charge in [-0.3, -0.25) is 4.79 Å². The fraction of sp³-hybridized carbons (Fsp3) is 0.556. The number of aliphatic carboxylic acids is 1. The van der Waals surface area contributed by atoms with Gasteiger partial charge < -0.3 is 10.4 Å². The van der Waals surface area contributed by atoms with Crippen LogP contribution in [0.15, 0.2) is 29.2 Å². The summed E-state index contributed by atoms with van der Waals surface area (Å²) in [5.74, 6) is -1.61. The Bertz CT molecular complexity index is 710. The van der Waals surface area contributed by atoms with Crippen molar-refractivity contribution in [3.05, 3.63) is 29.8 Å². The summed E-state index contributed by atoms with van der Waals surface area (Å²) >= 11 is 0. The topological polar surface area (TPSA) is 104 Å². The first-order valence-corrected chi connectivity index (χ1v) is 10.2. The van der Waals surface area contributed by atoms with Gasteiger partial charge in [0.2, 0.25) is 15.9 Å². The van der Waals surface area contributed by atoms with Crippen LogP contribution >= 0.6 is 0 Å². The molecule has 7 nitrogen and oxygen atoms in total. The van der Waals surface area contributed by atoms with Crippen LogP contribution in [-0.4, -0.2) is 48.8 Å². The summed E-state index contributed by atoms with van der Waals surface area (Å²) < 4.78 is 26.2. The van der Waals surface area contributed by atoms with Gasteiger partial charge in [0.05, 0.1) is 4.90 Å². The predicted molar refractivity (Wildman–Crippen MR) is 99.3 cm³/mol. The molecule has 1 rings (SSSR count). The zero-order chi connectivity index (χ0) is 19.9. The van der Waals surface area contributed by atoms with E-state index in [-0.39, 0.29) is 23.1 Å². The maximum Gasteiger partial charge on any atom is 0.326 e. The molecule has 0 aliphatic carbocycles. The molecule has 0 spiro atoms. The van der Waals surface area contributed by atoms with Crippen molar-refractivity contribution in [1.29, 1.82) is 0 Å². The average Bonchev–Trinajstić information content (AvgIpc) is 2.58. The number of hydrogen-bond donors (Lipinski definition) is 2. The first-order chi connectivity index (χ1) is 12.1. The average molecular weight is 384 g/mol. The SMILES string of the molecule is CCN(CC)S(=O)(=O)c1ccc(CCC(=O)N[C@H](C(=O)O)C(C)C)cc1. The standard InChI is InChI=1S/C18H28N2O5S/c1-5-20(6-2)26(24,25)15-10-7-14(8-11-15)9-12-16(21)19-17(13(3)4)18(22)23/h7-8,10-11,13,17H,5-6,9,12H2,1-4H3,(H,19,21)(H,22,23)/t17-/m0/s1. The van der Waals surface area contributed by atoms with Gasteiger partial charge in [0.25, 0.3) is 0 Å². The zero-order valence-corrected chi connectivity index (χ0v) is 16.5. The van der Waals surface area contributed by atoms with Gasteiger partial charge in [0.15, 0.2) is 0 Å². The number of amides is 1. The second kappa shape index (κ2) is 9.68. The minimum absolute atomic E-state index is 0.138. The van der Waals surface area contributed by atoms with Gasteiger partial charge >= 0.3 is 5.97 Å². The van der Waals surface area contributed by atoms with Gasteiger partial charge in [0.1, 0.15) is 6.04 Å². The highest BCUT2D eigenvalue weighted by Gasteiger charge is 2.23. The third-order valence-electron chi connectivity index (χ3n) is 4.16. The van der Waals surface area contributed by atoms with Crippen LogP contribution in [0.5, 0.6) is 0 Å². The molecule has 146 valence electrons. The number of carbonyl (C=O) groups is 2. The van der Waals surface area contributed by atoms with Gasteiger partial charge in [-0.1, -0.05) is 39.8 Å². The number of benzene rings is 1. The Labute approximate surface area is 155 Å². The van der Waals surface area contributed by atoms with E-state index in [0.717, 1.165) is 5.56 Å². The Hall–Kier alpha value is -1.93. The number of sulfonamides is 1. The number of carboxylic acids is 1. The van der Waals surface area contributed by atoms with Crippen LogP contribution in [0.25, 0.3) is 0 Å². The first kappa shape index (κ1) is 22.1. The van der Waals surface area contributed by atoms with Crippen molar-refractivity contribution >= 4 is 21.9 Å². The maximum absolute atomic E-state index is 12.4. The Morgan fingerprint density at radius 2 is 1.65 bits per heavy atom. The summed E-state index contributed by atoms with van der Waals surface area (Å²) in [7, 11) is -3.50. The fourth-order valence-corrected chi connectivity index (χ4v) is 4.02. The molecule has 0 aliphatic heterocycles. The Balaban J connectivity index is 2.71. The lowest BCUT2D eigenvalue weighted by Crippen LogP contribution is -2.44. The Morgan fingerprint density at radius 3 is 2.08 bits per heavy atom. The van der Waals surface area contributed by atoms with E-state index < -0.39 is 22.0 Å². The van der Waals surface area contributed by atoms with Crippen LogP contribution in [0.2, 0.25) is 0 Å². The minimum Gasteiger partial charge on any atom is -0.480 e. The van der Waals surface area contributed by atoms with Crippen LogP contribution in [-0.2, 0) is 26.0 Å². The third-order valence-corrected chi connectivity index (χ3v) is 6.22. The largest absolute Gasteiger partial charge is 0.480 e. The molecule has 0 fully saturated rings. The Morgan fingerprint density at radius 1 is 1.12 bits per heavy atom. The van der Waals surface area contributed by atoms with Crippen molar-refractivity contribution < 1.29 is 23.1 Å². The van der Waals surface area contributed by atoms with E-state index in [1.165, 1.54) is 16.4 Å². The molecule has 1 aromatic rings. The number of aryl methyl sites for hydroxylation is 1. The van der Waals surface area contributed by atoms with E-state index in [1.54, 1.807) is 39.8 Å². The summed E-state index contributed by atoms with van der Waals surface area (Å²) in [4.78, 5) is 23.3. The molecule has 0 saturated heterocycles. The molecule has 1 aromatic carbocycles. The van der Waals surface area contributed by atoms with Gasteiger partial charge in [-0.15, -0.1) is 0 Å². The van der Waals surface area contributed by atoms with Crippen LogP contribution in [0.4, 0.5) is 0 Å². The lowest BCUT2D eigenvalue weighted by molar-refractivity contribution is -0.143. The van der Waals surface area contributed by atoms with Crippen molar-refractivity contribution in [3.8, 4) is 0 Å². The molecule has 0 bridgehead atoms. The van der Waals surface area contributed by atoms with Crippen LogP contribution < -0.4 is 5.32 Å². The summed E-state index contributed by atoms with van der Waals surface area (Å²) in [6.07, 6.45) is 0.542. The lowest BCUT2D eigenvalue weighted by Gasteiger charge is -2.19. The summed E-state index contributed by atoms with van der Waals surface area (Å²) in [5, 5.41) is 11.6. The third kappa shape index (κ3) is 5.81. The highest BCUT2D eigenvalue weighted by molar-refractivity contribution is 7.89. The predicted octanol–water partition coefficient (Wildman–Crippen LogP) is 1.88. The monoisotopic (exact) mass is 384 g/mol. The van der Waals surface area contributed by atoms with E-state index >= 15 is 0 Å². The van der Waals surface area contributed by atoms with Gasteiger partial charge in [-0.25, -0.2) is 13.2 Å². The van der Waals surface area contributed by atoms with Crippen molar-refractivity contribution in [2.24, 2.45) is 5.92 Å². The minimum atomic E-state index is -3.50. The van der Waals surface area contributed by atoms with Gasteiger partial charge in [-0.05, 0) is 30.0 Å². The van der Waals surface area contributed by atoms with E-state index in [0.29, 0.717) is 19.5 Å². The van der Waals surface area contributed by atoms with E-state index in [2.05, 4.69) is 5.32 Å².